The maximum absolute atomic E-state index is 9.44. The van der Waals surface area contributed by atoms with Gasteiger partial charge in [0.05, 0.1) is 6.10 Å². The Morgan fingerprint density at radius 3 is 2.67 bits per heavy atom. The van der Waals surface area contributed by atoms with E-state index in [1.165, 1.54) is 25.7 Å². The SMILES string of the molecule is OC1CCC(NC2CC3CC=CC32)CC1. The molecule has 0 spiro atoms. The summed E-state index contributed by atoms with van der Waals surface area (Å²) < 4.78 is 0. The fraction of sp³-hybridized carbons (Fsp3) is 0.846. The van der Waals surface area contributed by atoms with Crippen molar-refractivity contribution in [1.29, 1.82) is 0 Å². The quantitative estimate of drug-likeness (QED) is 0.677. The molecule has 0 aromatic rings. The molecule has 3 aliphatic rings. The van der Waals surface area contributed by atoms with Crippen molar-refractivity contribution >= 4 is 0 Å². The van der Waals surface area contributed by atoms with Crippen molar-refractivity contribution in [2.75, 3.05) is 0 Å². The van der Waals surface area contributed by atoms with Crippen molar-refractivity contribution in [1.82, 2.24) is 5.32 Å². The largest absolute Gasteiger partial charge is 0.393 e. The average Bonchev–Trinajstić information content (AvgIpc) is 2.59. The van der Waals surface area contributed by atoms with Gasteiger partial charge in [-0.2, -0.15) is 0 Å². The summed E-state index contributed by atoms with van der Waals surface area (Å²) in [5, 5.41) is 13.2. The molecule has 0 aliphatic heterocycles. The summed E-state index contributed by atoms with van der Waals surface area (Å²) in [6.07, 6.45) is 11.7. The highest BCUT2D eigenvalue weighted by Gasteiger charge is 2.41. The van der Waals surface area contributed by atoms with Crippen LogP contribution in [0.5, 0.6) is 0 Å². The fourth-order valence-corrected chi connectivity index (χ4v) is 3.45. The number of hydrogen-bond acceptors (Lipinski definition) is 2. The van der Waals surface area contributed by atoms with Crippen LogP contribution in [-0.2, 0) is 0 Å². The summed E-state index contributed by atoms with van der Waals surface area (Å²) in [5.74, 6) is 1.79. The lowest BCUT2D eigenvalue weighted by molar-refractivity contribution is 0.0932. The van der Waals surface area contributed by atoms with Gasteiger partial charge in [0.1, 0.15) is 0 Å². The minimum absolute atomic E-state index is 0.0245. The van der Waals surface area contributed by atoms with Crippen LogP contribution in [0.2, 0.25) is 0 Å². The van der Waals surface area contributed by atoms with Crippen molar-refractivity contribution < 1.29 is 5.11 Å². The second kappa shape index (κ2) is 3.91. The third-order valence-corrected chi connectivity index (χ3v) is 4.51. The molecule has 2 saturated carbocycles. The zero-order valence-corrected chi connectivity index (χ0v) is 9.23. The Balaban J connectivity index is 1.48. The van der Waals surface area contributed by atoms with Crippen LogP contribution in [0.3, 0.4) is 0 Å². The second-order valence-electron chi connectivity index (χ2n) is 5.52. The zero-order chi connectivity index (χ0) is 10.3. The zero-order valence-electron chi connectivity index (χ0n) is 9.23. The number of fused-ring (bicyclic) bond motifs is 1. The van der Waals surface area contributed by atoms with Crippen LogP contribution in [0.15, 0.2) is 12.2 Å². The highest BCUT2D eigenvalue weighted by atomic mass is 16.3. The Hall–Kier alpha value is -0.340. The predicted molar refractivity (Wildman–Crippen MR) is 60.5 cm³/mol. The Morgan fingerprint density at radius 2 is 1.93 bits per heavy atom. The third kappa shape index (κ3) is 1.85. The van der Waals surface area contributed by atoms with Gasteiger partial charge in [0.15, 0.2) is 0 Å². The maximum Gasteiger partial charge on any atom is 0.0541 e. The Labute approximate surface area is 91.8 Å². The molecule has 2 heteroatoms. The van der Waals surface area contributed by atoms with Crippen LogP contribution in [0.25, 0.3) is 0 Å². The Morgan fingerprint density at radius 1 is 1.13 bits per heavy atom. The molecular weight excluding hydrogens is 186 g/mol. The van der Waals surface area contributed by atoms with E-state index in [0.29, 0.717) is 6.04 Å². The van der Waals surface area contributed by atoms with Gasteiger partial charge in [-0.15, -0.1) is 0 Å². The molecule has 0 amide bonds. The van der Waals surface area contributed by atoms with Gasteiger partial charge < -0.3 is 10.4 Å². The lowest BCUT2D eigenvalue weighted by Crippen LogP contribution is -2.52. The summed E-state index contributed by atoms with van der Waals surface area (Å²) >= 11 is 0. The van der Waals surface area contributed by atoms with Gasteiger partial charge in [0, 0.05) is 12.1 Å². The number of aliphatic hydroxyl groups is 1. The molecule has 2 N–H and O–H groups in total. The summed E-state index contributed by atoms with van der Waals surface area (Å²) in [6, 6.07) is 1.42. The van der Waals surface area contributed by atoms with Gasteiger partial charge >= 0.3 is 0 Å². The first kappa shape index (κ1) is 9.86. The summed E-state index contributed by atoms with van der Waals surface area (Å²) in [6.45, 7) is 0. The minimum atomic E-state index is -0.0245. The molecule has 84 valence electrons. The lowest BCUT2D eigenvalue weighted by atomic mass is 9.70. The highest BCUT2D eigenvalue weighted by molar-refractivity contribution is 5.13. The van der Waals surface area contributed by atoms with Gasteiger partial charge in [-0.05, 0) is 50.4 Å². The van der Waals surface area contributed by atoms with Crippen molar-refractivity contribution in [3.05, 3.63) is 12.2 Å². The van der Waals surface area contributed by atoms with Crippen LogP contribution in [0.4, 0.5) is 0 Å². The highest BCUT2D eigenvalue weighted by Crippen LogP contribution is 2.43. The summed E-state index contributed by atoms with van der Waals surface area (Å²) in [5.41, 5.74) is 0. The molecular formula is C13H21NO. The molecule has 3 aliphatic carbocycles. The van der Waals surface area contributed by atoms with Gasteiger partial charge in [-0.1, -0.05) is 12.2 Å². The van der Waals surface area contributed by atoms with Crippen LogP contribution in [0.1, 0.15) is 38.5 Å². The topological polar surface area (TPSA) is 32.3 Å². The summed E-state index contributed by atoms with van der Waals surface area (Å²) in [7, 11) is 0. The molecule has 0 aromatic heterocycles. The first-order valence-corrected chi connectivity index (χ1v) is 6.43. The van der Waals surface area contributed by atoms with E-state index in [1.54, 1.807) is 0 Å². The standard InChI is InChI=1S/C13H21NO/c15-11-6-4-10(5-7-11)14-13-8-9-2-1-3-12(9)13/h1,3,9-15H,2,4-8H2. The van der Waals surface area contributed by atoms with Gasteiger partial charge in [-0.25, -0.2) is 0 Å². The molecule has 2 nitrogen and oxygen atoms in total. The lowest BCUT2D eigenvalue weighted by Gasteiger charge is -2.43. The molecule has 0 aromatic carbocycles. The number of allylic oxidation sites excluding steroid dienone is 1. The van der Waals surface area contributed by atoms with E-state index in [-0.39, 0.29) is 6.10 Å². The van der Waals surface area contributed by atoms with Gasteiger partial charge in [0.25, 0.3) is 0 Å². The van der Waals surface area contributed by atoms with Crippen molar-refractivity contribution in [3.63, 3.8) is 0 Å². The van der Waals surface area contributed by atoms with Crippen molar-refractivity contribution in [2.24, 2.45) is 11.8 Å². The smallest absolute Gasteiger partial charge is 0.0541 e. The fourth-order valence-electron chi connectivity index (χ4n) is 3.45. The number of hydrogen-bond donors (Lipinski definition) is 2. The normalized spacial score (nSPS) is 48.7. The van der Waals surface area contributed by atoms with Crippen LogP contribution >= 0.6 is 0 Å². The molecule has 2 fully saturated rings. The number of rotatable bonds is 2. The van der Waals surface area contributed by atoms with Crippen molar-refractivity contribution in [3.8, 4) is 0 Å². The first-order valence-electron chi connectivity index (χ1n) is 6.43. The Bertz CT molecular complexity index is 255. The van der Waals surface area contributed by atoms with Crippen molar-refractivity contribution in [2.45, 2.75) is 56.7 Å². The van der Waals surface area contributed by atoms with Crippen LogP contribution < -0.4 is 5.32 Å². The predicted octanol–water partition coefficient (Wildman–Crippen LogP) is 1.84. The van der Waals surface area contributed by atoms with E-state index < -0.39 is 0 Å². The summed E-state index contributed by atoms with van der Waals surface area (Å²) in [4.78, 5) is 0. The first-order chi connectivity index (χ1) is 7.33. The van der Waals surface area contributed by atoms with E-state index in [0.717, 1.165) is 30.7 Å². The van der Waals surface area contributed by atoms with Gasteiger partial charge in [-0.3, -0.25) is 0 Å². The average molecular weight is 207 g/mol. The van der Waals surface area contributed by atoms with E-state index in [9.17, 15) is 5.11 Å². The monoisotopic (exact) mass is 207 g/mol. The van der Waals surface area contributed by atoms with Gasteiger partial charge in [0.2, 0.25) is 0 Å². The molecule has 0 saturated heterocycles. The number of nitrogens with one attached hydrogen (secondary N) is 1. The number of aliphatic hydroxyl groups excluding tert-OH is 1. The Kier molecular flexibility index (Phi) is 2.57. The molecule has 0 heterocycles. The van der Waals surface area contributed by atoms with E-state index in [1.807, 2.05) is 0 Å². The van der Waals surface area contributed by atoms with E-state index in [2.05, 4.69) is 17.5 Å². The molecule has 15 heavy (non-hydrogen) atoms. The third-order valence-electron chi connectivity index (χ3n) is 4.51. The molecule has 0 bridgehead atoms. The molecule has 3 atom stereocenters. The van der Waals surface area contributed by atoms with Crippen LogP contribution in [-0.4, -0.2) is 23.3 Å². The molecule has 3 unspecified atom stereocenters. The van der Waals surface area contributed by atoms with Crippen LogP contribution in [0, 0.1) is 11.8 Å². The maximum atomic E-state index is 9.44. The van der Waals surface area contributed by atoms with E-state index >= 15 is 0 Å². The molecule has 3 rings (SSSR count). The second-order valence-corrected chi connectivity index (χ2v) is 5.52. The molecule has 0 radical (unpaired) electrons. The minimum Gasteiger partial charge on any atom is -0.393 e. The van der Waals surface area contributed by atoms with E-state index in [4.69, 9.17) is 0 Å².